The number of aromatic hydroxyl groups is 1. The third kappa shape index (κ3) is 11.2. The first-order chi connectivity index (χ1) is 16.6. The molecule has 0 saturated carbocycles. The van der Waals surface area contributed by atoms with Crippen LogP contribution in [0.3, 0.4) is 0 Å². The monoisotopic (exact) mass is 530 g/mol. The van der Waals surface area contributed by atoms with Crippen molar-refractivity contribution in [3.05, 3.63) is 29.8 Å². The number of carboxylic acid groups (broad SMARTS) is 1. The molecular formula is C22H34N4O7S2. The van der Waals surface area contributed by atoms with Crippen LogP contribution in [-0.2, 0) is 25.6 Å². The van der Waals surface area contributed by atoms with Crippen molar-refractivity contribution in [3.63, 3.8) is 0 Å². The van der Waals surface area contributed by atoms with Gasteiger partial charge in [-0.2, -0.15) is 23.5 Å². The first-order valence-electron chi connectivity index (χ1n) is 10.9. The summed E-state index contributed by atoms with van der Waals surface area (Å²) in [5.41, 5.74) is 6.13. The lowest BCUT2D eigenvalue weighted by Crippen LogP contribution is -2.57. The number of carboxylic acids is 1. The highest BCUT2D eigenvalue weighted by Gasteiger charge is 2.30. The number of carbonyl (C=O) groups is 4. The van der Waals surface area contributed by atoms with E-state index in [0.717, 1.165) is 0 Å². The number of benzene rings is 1. The Hall–Kier alpha value is -2.48. The van der Waals surface area contributed by atoms with Gasteiger partial charge in [0.1, 0.15) is 29.9 Å². The number of aliphatic carboxylic acids is 1. The Kier molecular flexibility index (Phi) is 14.2. The van der Waals surface area contributed by atoms with Crippen molar-refractivity contribution < 1.29 is 34.5 Å². The molecule has 0 saturated heterocycles. The standard InChI is InChI=1S/C22H34N4O7S2/c1-34-9-7-16(24-19(29)15(23)12-27)20(30)25-17(8-10-35-2)21(31)26-18(22(32)33)11-13-3-5-14(28)6-4-13/h3-6,15-18,27-28H,7-12,23H2,1-2H3,(H,24,29)(H,25,30)(H,26,31)(H,32,33). The molecule has 196 valence electrons. The van der Waals surface area contributed by atoms with Crippen molar-refractivity contribution >= 4 is 47.2 Å². The number of carbonyl (C=O) groups excluding carboxylic acids is 3. The van der Waals surface area contributed by atoms with Gasteiger partial charge in [0.25, 0.3) is 0 Å². The Labute approximate surface area is 213 Å². The van der Waals surface area contributed by atoms with Crippen molar-refractivity contribution in [2.45, 2.75) is 43.4 Å². The number of thioether (sulfide) groups is 2. The third-order valence-corrected chi connectivity index (χ3v) is 6.30. The van der Waals surface area contributed by atoms with Gasteiger partial charge in [0.05, 0.1) is 6.61 Å². The molecule has 0 aliphatic rings. The highest BCUT2D eigenvalue weighted by atomic mass is 32.2. The number of nitrogens with one attached hydrogen (secondary N) is 3. The molecule has 4 unspecified atom stereocenters. The van der Waals surface area contributed by atoms with Crippen LogP contribution in [0.1, 0.15) is 18.4 Å². The molecule has 1 rings (SSSR count). The van der Waals surface area contributed by atoms with Crippen LogP contribution in [-0.4, -0.2) is 93.8 Å². The molecule has 0 aliphatic heterocycles. The van der Waals surface area contributed by atoms with Gasteiger partial charge in [-0.25, -0.2) is 4.79 Å². The maximum atomic E-state index is 13.0. The maximum Gasteiger partial charge on any atom is 0.326 e. The molecule has 4 atom stereocenters. The molecule has 0 aromatic heterocycles. The zero-order valence-electron chi connectivity index (χ0n) is 19.7. The van der Waals surface area contributed by atoms with E-state index in [2.05, 4.69) is 16.0 Å². The number of nitrogens with two attached hydrogens (primary N) is 1. The van der Waals surface area contributed by atoms with Gasteiger partial charge in [-0.15, -0.1) is 0 Å². The summed E-state index contributed by atoms with van der Waals surface area (Å²) in [6, 6.07) is 1.50. The van der Waals surface area contributed by atoms with Crippen molar-refractivity contribution in [1.82, 2.24) is 16.0 Å². The van der Waals surface area contributed by atoms with Crippen LogP contribution in [0, 0.1) is 0 Å². The third-order valence-electron chi connectivity index (χ3n) is 5.01. The lowest BCUT2D eigenvalue weighted by atomic mass is 10.0. The van der Waals surface area contributed by atoms with Gasteiger partial charge in [0, 0.05) is 6.42 Å². The SMILES string of the molecule is CSCCC(NC(=O)C(N)CO)C(=O)NC(CCSC)C(=O)NC(Cc1ccc(O)cc1)C(=O)O. The fraction of sp³-hybridized carbons (Fsp3) is 0.545. The molecular weight excluding hydrogens is 496 g/mol. The Bertz CT molecular complexity index is 842. The summed E-state index contributed by atoms with van der Waals surface area (Å²) < 4.78 is 0. The van der Waals surface area contributed by atoms with Gasteiger partial charge in [-0.1, -0.05) is 12.1 Å². The highest BCUT2D eigenvalue weighted by molar-refractivity contribution is 7.98. The average Bonchev–Trinajstić information content (AvgIpc) is 2.83. The fourth-order valence-electron chi connectivity index (χ4n) is 2.98. The number of aliphatic hydroxyl groups is 1. The number of phenolic OH excluding ortho intramolecular Hbond substituents is 1. The van der Waals surface area contributed by atoms with Crippen LogP contribution in [0.25, 0.3) is 0 Å². The fourth-order valence-corrected chi connectivity index (χ4v) is 3.93. The van der Waals surface area contributed by atoms with E-state index < -0.39 is 54.5 Å². The van der Waals surface area contributed by atoms with E-state index in [0.29, 0.717) is 17.1 Å². The second-order valence-electron chi connectivity index (χ2n) is 7.74. The van der Waals surface area contributed by atoms with E-state index in [-0.39, 0.29) is 25.0 Å². The predicted molar refractivity (Wildman–Crippen MR) is 136 cm³/mol. The smallest absolute Gasteiger partial charge is 0.326 e. The van der Waals surface area contributed by atoms with Crippen LogP contribution < -0.4 is 21.7 Å². The maximum absolute atomic E-state index is 13.0. The quantitative estimate of drug-likeness (QED) is 0.144. The molecule has 0 fully saturated rings. The molecule has 0 radical (unpaired) electrons. The van der Waals surface area contributed by atoms with Crippen molar-refractivity contribution in [3.8, 4) is 5.75 Å². The lowest BCUT2D eigenvalue weighted by Gasteiger charge is -2.25. The summed E-state index contributed by atoms with van der Waals surface area (Å²) >= 11 is 2.92. The summed E-state index contributed by atoms with van der Waals surface area (Å²) in [5, 5.41) is 35.7. The Morgan fingerprint density at radius 1 is 0.857 bits per heavy atom. The second-order valence-corrected chi connectivity index (χ2v) is 9.72. The number of phenols is 1. The summed E-state index contributed by atoms with van der Waals surface area (Å²) in [7, 11) is 0. The molecule has 8 N–H and O–H groups in total. The first-order valence-corrected chi connectivity index (χ1v) is 13.7. The zero-order valence-corrected chi connectivity index (χ0v) is 21.4. The van der Waals surface area contributed by atoms with Crippen LogP contribution in [0.15, 0.2) is 24.3 Å². The van der Waals surface area contributed by atoms with E-state index in [1.807, 2.05) is 12.5 Å². The lowest BCUT2D eigenvalue weighted by molar-refractivity contribution is -0.142. The summed E-state index contributed by atoms with van der Waals surface area (Å²) in [5.74, 6) is -2.12. The van der Waals surface area contributed by atoms with Gasteiger partial charge in [0.15, 0.2) is 0 Å². The van der Waals surface area contributed by atoms with Gasteiger partial charge in [0.2, 0.25) is 17.7 Å². The molecule has 0 bridgehead atoms. The highest BCUT2D eigenvalue weighted by Crippen LogP contribution is 2.12. The Balaban J connectivity index is 2.96. The van der Waals surface area contributed by atoms with Crippen LogP contribution in [0.4, 0.5) is 0 Å². The number of hydrogen-bond donors (Lipinski definition) is 7. The van der Waals surface area contributed by atoms with E-state index in [9.17, 15) is 29.4 Å². The molecule has 35 heavy (non-hydrogen) atoms. The molecule has 13 heteroatoms. The molecule has 11 nitrogen and oxygen atoms in total. The Morgan fingerprint density at radius 3 is 1.74 bits per heavy atom. The average molecular weight is 531 g/mol. The first kappa shape index (κ1) is 30.6. The summed E-state index contributed by atoms with van der Waals surface area (Å²) in [6.07, 6.45) is 4.16. The molecule has 0 heterocycles. The van der Waals surface area contributed by atoms with Crippen LogP contribution in [0.5, 0.6) is 5.75 Å². The van der Waals surface area contributed by atoms with E-state index in [4.69, 9.17) is 10.8 Å². The van der Waals surface area contributed by atoms with Crippen LogP contribution >= 0.6 is 23.5 Å². The summed E-state index contributed by atoms with van der Waals surface area (Å²) in [4.78, 5) is 49.8. The van der Waals surface area contributed by atoms with Crippen LogP contribution in [0.2, 0.25) is 0 Å². The minimum absolute atomic E-state index is 0.0179. The molecule has 0 spiro atoms. The topological polar surface area (TPSA) is 191 Å². The normalized spacial score (nSPS) is 14.3. The minimum atomic E-state index is -1.25. The van der Waals surface area contributed by atoms with Gasteiger partial charge < -0.3 is 37.0 Å². The van der Waals surface area contributed by atoms with Crippen molar-refractivity contribution in [2.75, 3.05) is 30.6 Å². The van der Waals surface area contributed by atoms with Crippen molar-refractivity contribution in [1.29, 1.82) is 0 Å². The van der Waals surface area contributed by atoms with E-state index >= 15 is 0 Å². The minimum Gasteiger partial charge on any atom is -0.508 e. The largest absolute Gasteiger partial charge is 0.508 e. The predicted octanol–water partition coefficient (Wildman–Crippen LogP) is -0.700. The van der Waals surface area contributed by atoms with E-state index in [1.54, 1.807) is 12.1 Å². The van der Waals surface area contributed by atoms with Crippen molar-refractivity contribution in [2.24, 2.45) is 5.73 Å². The number of aliphatic hydroxyl groups excluding tert-OH is 1. The summed E-state index contributed by atoms with van der Waals surface area (Å²) in [6.45, 7) is -0.584. The molecule has 3 amide bonds. The number of amides is 3. The Morgan fingerprint density at radius 2 is 1.31 bits per heavy atom. The molecule has 0 aliphatic carbocycles. The molecule has 1 aromatic rings. The van der Waals surface area contributed by atoms with Gasteiger partial charge >= 0.3 is 5.97 Å². The second kappa shape index (κ2) is 16.2. The van der Waals surface area contributed by atoms with E-state index in [1.165, 1.54) is 35.7 Å². The molecule has 1 aromatic carbocycles. The number of hydrogen-bond acceptors (Lipinski definition) is 9. The van der Waals surface area contributed by atoms with Gasteiger partial charge in [-0.3, -0.25) is 14.4 Å². The number of rotatable bonds is 16. The van der Waals surface area contributed by atoms with Gasteiger partial charge in [-0.05, 0) is 54.6 Å². The zero-order chi connectivity index (χ0) is 26.4.